The molecule has 3 heteroatoms. The molecule has 0 aromatic heterocycles. The van der Waals surface area contributed by atoms with E-state index in [1.165, 1.54) is 24.3 Å². The number of hydrogen-bond donors (Lipinski definition) is 1. The first kappa shape index (κ1) is 7.90. The van der Waals surface area contributed by atoms with Gasteiger partial charge < -0.3 is 5.32 Å². The number of thioether (sulfide) groups is 1. The van der Waals surface area contributed by atoms with Crippen LogP contribution in [0.1, 0.15) is 12.8 Å². The van der Waals surface area contributed by atoms with Crippen LogP contribution in [0.3, 0.4) is 0 Å². The zero-order valence-corrected chi connectivity index (χ0v) is 6.78. The molecule has 1 fully saturated rings. The Morgan fingerprint density at radius 2 is 2.60 bits per heavy atom. The van der Waals surface area contributed by atoms with Crippen LogP contribution in [0, 0.1) is 11.3 Å². The van der Waals surface area contributed by atoms with Gasteiger partial charge in [-0.2, -0.15) is 17.0 Å². The second-order valence-corrected chi connectivity index (χ2v) is 3.60. The predicted molar refractivity (Wildman–Crippen MR) is 44.0 cm³/mol. The van der Waals surface area contributed by atoms with Crippen molar-refractivity contribution >= 4 is 11.8 Å². The van der Waals surface area contributed by atoms with Gasteiger partial charge in [-0.3, -0.25) is 0 Å². The van der Waals surface area contributed by atoms with Crippen molar-refractivity contribution in [2.24, 2.45) is 0 Å². The molecule has 1 atom stereocenters. The molecule has 0 aromatic rings. The maximum absolute atomic E-state index is 8.28. The van der Waals surface area contributed by atoms with Crippen LogP contribution in [0.4, 0.5) is 0 Å². The van der Waals surface area contributed by atoms with Crippen molar-refractivity contribution in [3.05, 3.63) is 0 Å². The van der Waals surface area contributed by atoms with Crippen LogP contribution in [0.5, 0.6) is 0 Å². The molecule has 0 saturated carbocycles. The van der Waals surface area contributed by atoms with Gasteiger partial charge in [-0.25, -0.2) is 0 Å². The summed E-state index contributed by atoms with van der Waals surface area (Å²) in [6.45, 7) is 0.505. The Morgan fingerprint density at radius 1 is 1.70 bits per heavy atom. The highest BCUT2D eigenvalue weighted by Gasteiger charge is 2.11. The Bertz CT molecular complexity index is 124. The average molecular weight is 156 g/mol. The highest BCUT2D eigenvalue weighted by Crippen LogP contribution is 2.16. The van der Waals surface area contributed by atoms with Crippen molar-refractivity contribution in [2.75, 3.05) is 18.1 Å². The molecule has 0 aliphatic carbocycles. The average Bonchev–Trinajstić information content (AvgIpc) is 2.03. The fourth-order valence-electron chi connectivity index (χ4n) is 1.09. The van der Waals surface area contributed by atoms with Gasteiger partial charge in [0.2, 0.25) is 0 Å². The van der Waals surface area contributed by atoms with E-state index in [4.69, 9.17) is 5.26 Å². The molecule has 2 nitrogen and oxygen atoms in total. The first-order valence-electron chi connectivity index (χ1n) is 3.61. The van der Waals surface area contributed by atoms with Gasteiger partial charge >= 0.3 is 0 Å². The van der Waals surface area contributed by atoms with Gasteiger partial charge in [-0.1, -0.05) is 0 Å². The summed E-state index contributed by atoms with van der Waals surface area (Å²) < 4.78 is 0. The highest BCUT2D eigenvalue weighted by molar-refractivity contribution is 7.99. The molecular weight excluding hydrogens is 144 g/mol. The molecular formula is C7H12N2S. The van der Waals surface area contributed by atoms with Crippen LogP contribution >= 0.6 is 11.8 Å². The predicted octanol–water partition coefficient (Wildman–Crippen LogP) is 0.995. The monoisotopic (exact) mass is 156 g/mol. The molecule has 1 aliphatic heterocycles. The molecule has 0 spiro atoms. The van der Waals surface area contributed by atoms with Crippen molar-refractivity contribution < 1.29 is 0 Å². The summed E-state index contributed by atoms with van der Waals surface area (Å²) in [5.41, 5.74) is 0. The standard InChI is InChI=1S/C7H12N2S/c8-3-4-9-7-2-1-5-10-6-7/h7,9H,1-2,4-6H2. The molecule has 10 heavy (non-hydrogen) atoms. The summed E-state index contributed by atoms with van der Waals surface area (Å²) >= 11 is 1.98. The third-order valence-electron chi connectivity index (χ3n) is 1.63. The van der Waals surface area contributed by atoms with Gasteiger partial charge in [0.25, 0.3) is 0 Å². The van der Waals surface area contributed by atoms with Crippen molar-refractivity contribution in [1.29, 1.82) is 5.26 Å². The summed E-state index contributed by atoms with van der Waals surface area (Å²) in [5, 5.41) is 11.5. The van der Waals surface area contributed by atoms with Crippen LogP contribution in [-0.2, 0) is 0 Å². The van der Waals surface area contributed by atoms with Crippen LogP contribution in [0.2, 0.25) is 0 Å². The van der Waals surface area contributed by atoms with Gasteiger partial charge in [-0.15, -0.1) is 0 Å². The van der Waals surface area contributed by atoms with Crippen molar-refractivity contribution in [3.63, 3.8) is 0 Å². The molecule has 1 unspecified atom stereocenters. The lowest BCUT2D eigenvalue weighted by molar-refractivity contribution is 0.537. The second kappa shape index (κ2) is 4.59. The number of rotatable bonds is 2. The summed E-state index contributed by atoms with van der Waals surface area (Å²) in [5.74, 6) is 2.48. The van der Waals surface area contributed by atoms with E-state index in [0.29, 0.717) is 12.6 Å². The van der Waals surface area contributed by atoms with Gasteiger partial charge in [0.15, 0.2) is 0 Å². The molecule has 1 saturated heterocycles. The Hall–Kier alpha value is -0.200. The highest BCUT2D eigenvalue weighted by atomic mass is 32.2. The maximum Gasteiger partial charge on any atom is 0.0843 e. The van der Waals surface area contributed by atoms with E-state index in [1.54, 1.807) is 0 Å². The van der Waals surface area contributed by atoms with E-state index >= 15 is 0 Å². The minimum atomic E-state index is 0.505. The van der Waals surface area contributed by atoms with E-state index in [9.17, 15) is 0 Å². The van der Waals surface area contributed by atoms with E-state index < -0.39 is 0 Å². The number of nitriles is 1. The first-order valence-corrected chi connectivity index (χ1v) is 4.77. The SMILES string of the molecule is N#CCNC1CCCSC1. The van der Waals surface area contributed by atoms with Crippen molar-refractivity contribution in [2.45, 2.75) is 18.9 Å². The second-order valence-electron chi connectivity index (χ2n) is 2.45. The maximum atomic E-state index is 8.28. The van der Waals surface area contributed by atoms with Crippen molar-refractivity contribution in [1.82, 2.24) is 5.32 Å². The summed E-state index contributed by atoms with van der Waals surface area (Å²) in [6.07, 6.45) is 2.54. The lowest BCUT2D eigenvalue weighted by atomic mass is 10.2. The lowest BCUT2D eigenvalue weighted by Gasteiger charge is -2.20. The van der Waals surface area contributed by atoms with E-state index in [-0.39, 0.29) is 0 Å². The first-order chi connectivity index (χ1) is 4.93. The van der Waals surface area contributed by atoms with Gasteiger partial charge in [-0.05, 0) is 18.6 Å². The van der Waals surface area contributed by atoms with Crippen LogP contribution < -0.4 is 5.32 Å². The van der Waals surface area contributed by atoms with Crippen LogP contribution in [0.15, 0.2) is 0 Å². The topological polar surface area (TPSA) is 35.8 Å². The van der Waals surface area contributed by atoms with Crippen molar-refractivity contribution in [3.8, 4) is 6.07 Å². The normalized spacial score (nSPS) is 25.7. The summed E-state index contributed by atoms with van der Waals surface area (Å²) in [4.78, 5) is 0. The van der Waals surface area contributed by atoms with Gasteiger partial charge in [0, 0.05) is 11.8 Å². The molecule has 0 amide bonds. The summed E-state index contributed by atoms with van der Waals surface area (Å²) in [6, 6.07) is 2.69. The molecule has 0 aromatic carbocycles. The number of nitrogens with one attached hydrogen (secondary N) is 1. The summed E-state index contributed by atoms with van der Waals surface area (Å²) in [7, 11) is 0. The van der Waals surface area contributed by atoms with Gasteiger partial charge in [0.1, 0.15) is 0 Å². The van der Waals surface area contributed by atoms with E-state index in [0.717, 1.165) is 0 Å². The number of nitrogens with zero attached hydrogens (tertiary/aromatic N) is 1. The van der Waals surface area contributed by atoms with Crippen LogP contribution in [-0.4, -0.2) is 24.1 Å². The Morgan fingerprint density at radius 3 is 3.20 bits per heavy atom. The van der Waals surface area contributed by atoms with E-state index in [2.05, 4.69) is 11.4 Å². The largest absolute Gasteiger partial charge is 0.301 e. The molecule has 1 aliphatic rings. The Kier molecular flexibility index (Phi) is 3.63. The Labute approximate surface area is 66.0 Å². The fraction of sp³-hybridized carbons (Fsp3) is 0.857. The fourth-order valence-corrected chi connectivity index (χ4v) is 2.20. The Balaban J connectivity index is 2.09. The smallest absolute Gasteiger partial charge is 0.0843 e. The minimum Gasteiger partial charge on any atom is -0.301 e. The molecule has 0 radical (unpaired) electrons. The number of hydrogen-bond acceptors (Lipinski definition) is 3. The molecule has 1 N–H and O–H groups in total. The van der Waals surface area contributed by atoms with Crippen LogP contribution in [0.25, 0.3) is 0 Å². The zero-order valence-electron chi connectivity index (χ0n) is 5.97. The lowest BCUT2D eigenvalue weighted by Crippen LogP contribution is -2.33. The molecule has 1 heterocycles. The third kappa shape index (κ3) is 2.59. The van der Waals surface area contributed by atoms with Gasteiger partial charge in [0.05, 0.1) is 12.6 Å². The molecule has 56 valence electrons. The minimum absolute atomic E-state index is 0.505. The third-order valence-corrected chi connectivity index (χ3v) is 2.85. The molecule has 0 bridgehead atoms. The molecule has 1 rings (SSSR count). The van der Waals surface area contributed by atoms with E-state index in [1.807, 2.05) is 11.8 Å². The zero-order chi connectivity index (χ0) is 7.23. The quantitative estimate of drug-likeness (QED) is 0.606.